The van der Waals surface area contributed by atoms with Crippen LogP contribution in [0.1, 0.15) is 22.3 Å². The van der Waals surface area contributed by atoms with E-state index in [2.05, 4.69) is 24.1 Å². The second-order valence-electron chi connectivity index (χ2n) is 5.82. The summed E-state index contributed by atoms with van der Waals surface area (Å²) in [7, 11) is 0. The maximum absolute atomic E-state index is 11.3. The molecule has 22 heavy (non-hydrogen) atoms. The van der Waals surface area contributed by atoms with Crippen molar-refractivity contribution in [1.29, 1.82) is 0 Å². The summed E-state index contributed by atoms with van der Waals surface area (Å²) in [6.07, 6.45) is 7.56. The van der Waals surface area contributed by atoms with Crippen molar-refractivity contribution in [3.05, 3.63) is 82.9 Å². The van der Waals surface area contributed by atoms with Crippen molar-refractivity contribution in [3.8, 4) is 12.3 Å². The van der Waals surface area contributed by atoms with Crippen LogP contribution >= 0.6 is 0 Å². The lowest BCUT2D eigenvalue weighted by Gasteiger charge is -2.26. The van der Waals surface area contributed by atoms with Crippen molar-refractivity contribution < 1.29 is 5.11 Å². The van der Waals surface area contributed by atoms with Crippen LogP contribution in [0.3, 0.4) is 0 Å². The number of aryl methyl sites for hydroxylation is 2. The Morgan fingerprint density at radius 1 is 0.864 bits per heavy atom. The molecule has 3 aromatic carbocycles. The van der Waals surface area contributed by atoms with Gasteiger partial charge in [-0.15, -0.1) is 6.42 Å². The summed E-state index contributed by atoms with van der Waals surface area (Å²) < 4.78 is 0. The van der Waals surface area contributed by atoms with Gasteiger partial charge in [-0.2, -0.15) is 0 Å². The summed E-state index contributed by atoms with van der Waals surface area (Å²) in [4.78, 5) is 0. The summed E-state index contributed by atoms with van der Waals surface area (Å²) in [5.74, 6) is 2.65. The molecule has 0 spiro atoms. The van der Waals surface area contributed by atoms with Crippen LogP contribution < -0.4 is 0 Å². The Morgan fingerprint density at radius 3 is 2.50 bits per heavy atom. The predicted octanol–water partition coefficient (Wildman–Crippen LogP) is 3.81. The van der Waals surface area contributed by atoms with Gasteiger partial charge >= 0.3 is 0 Å². The summed E-state index contributed by atoms with van der Waals surface area (Å²) in [6, 6.07) is 20.3. The van der Waals surface area contributed by atoms with Gasteiger partial charge in [-0.3, -0.25) is 0 Å². The highest BCUT2D eigenvalue weighted by atomic mass is 16.3. The van der Waals surface area contributed by atoms with Crippen molar-refractivity contribution in [3.63, 3.8) is 0 Å². The molecule has 0 saturated carbocycles. The van der Waals surface area contributed by atoms with Gasteiger partial charge in [-0.1, -0.05) is 66.6 Å². The van der Waals surface area contributed by atoms with E-state index in [1.165, 1.54) is 10.8 Å². The Morgan fingerprint density at radius 2 is 1.64 bits per heavy atom. The first kappa shape index (κ1) is 13.1. The molecule has 0 amide bonds. The number of hydrogen-bond donors (Lipinski definition) is 1. The van der Waals surface area contributed by atoms with Gasteiger partial charge in [0.1, 0.15) is 0 Å². The predicted molar refractivity (Wildman–Crippen MR) is 89.6 cm³/mol. The topological polar surface area (TPSA) is 20.2 Å². The highest BCUT2D eigenvalue weighted by Gasteiger charge is 2.35. The van der Waals surface area contributed by atoms with E-state index in [0.717, 1.165) is 35.1 Å². The minimum Gasteiger partial charge on any atom is -0.369 e. The minimum atomic E-state index is -1.35. The first-order valence-electron chi connectivity index (χ1n) is 7.53. The Bertz CT molecular complexity index is 917. The Hall–Kier alpha value is -2.56. The van der Waals surface area contributed by atoms with Gasteiger partial charge in [0.15, 0.2) is 5.60 Å². The number of terminal acetylenes is 1. The molecule has 1 unspecified atom stereocenters. The maximum Gasteiger partial charge on any atom is 0.177 e. The van der Waals surface area contributed by atoms with Crippen LogP contribution in [-0.4, -0.2) is 5.11 Å². The van der Waals surface area contributed by atoms with Crippen molar-refractivity contribution in [2.45, 2.75) is 18.4 Å². The molecule has 0 heterocycles. The summed E-state index contributed by atoms with van der Waals surface area (Å²) >= 11 is 0. The third kappa shape index (κ3) is 1.71. The molecule has 1 atom stereocenters. The van der Waals surface area contributed by atoms with E-state index in [4.69, 9.17) is 6.42 Å². The van der Waals surface area contributed by atoms with Crippen LogP contribution in [-0.2, 0) is 18.4 Å². The third-order valence-corrected chi connectivity index (χ3v) is 4.69. The van der Waals surface area contributed by atoms with Crippen LogP contribution in [0.25, 0.3) is 10.8 Å². The molecule has 4 rings (SSSR count). The lowest BCUT2D eigenvalue weighted by atomic mass is 9.83. The number of benzene rings is 3. The number of fused-ring (bicyclic) bond motifs is 4. The minimum absolute atomic E-state index is 0.839. The van der Waals surface area contributed by atoms with E-state index in [1.807, 2.05) is 42.5 Å². The van der Waals surface area contributed by atoms with Crippen LogP contribution in [0.4, 0.5) is 0 Å². The molecule has 0 aliphatic heterocycles. The molecule has 1 nitrogen and oxygen atoms in total. The molecule has 1 aliphatic rings. The highest BCUT2D eigenvalue weighted by Crippen LogP contribution is 2.39. The Balaban J connectivity index is 2.09. The molecule has 106 valence electrons. The molecule has 1 heteroatoms. The molecule has 1 aliphatic carbocycles. The van der Waals surface area contributed by atoms with Gasteiger partial charge in [0.2, 0.25) is 0 Å². The summed E-state index contributed by atoms with van der Waals surface area (Å²) in [5, 5.41) is 13.7. The molecular formula is C21H16O. The van der Waals surface area contributed by atoms with Crippen LogP contribution in [0, 0.1) is 12.3 Å². The van der Waals surface area contributed by atoms with Crippen molar-refractivity contribution in [2.75, 3.05) is 0 Å². The molecular weight excluding hydrogens is 268 g/mol. The lowest BCUT2D eigenvalue weighted by molar-refractivity contribution is 0.145. The fourth-order valence-electron chi connectivity index (χ4n) is 3.60. The molecule has 0 fully saturated rings. The Labute approximate surface area is 130 Å². The summed E-state index contributed by atoms with van der Waals surface area (Å²) in [5.41, 5.74) is 2.62. The number of rotatable bonds is 0. The van der Waals surface area contributed by atoms with Gasteiger partial charge < -0.3 is 5.11 Å². The quantitative estimate of drug-likeness (QED) is 0.622. The monoisotopic (exact) mass is 284 g/mol. The van der Waals surface area contributed by atoms with E-state index in [1.54, 1.807) is 0 Å². The largest absolute Gasteiger partial charge is 0.369 e. The van der Waals surface area contributed by atoms with Crippen molar-refractivity contribution in [2.24, 2.45) is 0 Å². The molecule has 0 radical (unpaired) electrons. The second kappa shape index (κ2) is 4.73. The van der Waals surface area contributed by atoms with E-state index in [-0.39, 0.29) is 0 Å². The average Bonchev–Trinajstić information content (AvgIpc) is 2.71. The summed E-state index contributed by atoms with van der Waals surface area (Å²) in [6.45, 7) is 0. The SMILES string of the molecule is C#CC1(O)c2ccccc2CCc2c1ccc1ccccc21. The second-order valence-corrected chi connectivity index (χ2v) is 5.82. The molecule has 0 bridgehead atoms. The first-order chi connectivity index (χ1) is 10.7. The smallest absolute Gasteiger partial charge is 0.177 e. The zero-order chi connectivity index (χ0) is 15.2. The lowest BCUT2D eigenvalue weighted by Crippen LogP contribution is -2.26. The average molecular weight is 284 g/mol. The van der Waals surface area contributed by atoms with E-state index < -0.39 is 5.60 Å². The molecule has 0 saturated heterocycles. The van der Waals surface area contributed by atoms with Gasteiger partial charge in [0.05, 0.1) is 0 Å². The Kier molecular flexibility index (Phi) is 2.82. The fourth-order valence-corrected chi connectivity index (χ4v) is 3.60. The van der Waals surface area contributed by atoms with Gasteiger partial charge in [-0.05, 0) is 34.7 Å². The third-order valence-electron chi connectivity index (χ3n) is 4.69. The highest BCUT2D eigenvalue weighted by molar-refractivity contribution is 5.87. The normalized spacial score (nSPS) is 19.8. The maximum atomic E-state index is 11.3. The molecule has 3 aromatic rings. The molecule has 0 aromatic heterocycles. The van der Waals surface area contributed by atoms with Crippen LogP contribution in [0.2, 0.25) is 0 Å². The fraction of sp³-hybridized carbons (Fsp3) is 0.143. The van der Waals surface area contributed by atoms with Gasteiger partial charge in [0.25, 0.3) is 0 Å². The van der Waals surface area contributed by atoms with E-state index in [9.17, 15) is 5.11 Å². The standard InChI is InChI=1S/C21H16O/c1-2-21(22)19-10-6-4-8-16(19)11-13-18-17-9-5-3-7-15(17)12-14-20(18)21/h1,3-10,12,14,22H,11,13H2. The molecule has 1 N–H and O–H groups in total. The van der Waals surface area contributed by atoms with Gasteiger partial charge in [-0.25, -0.2) is 0 Å². The van der Waals surface area contributed by atoms with Gasteiger partial charge in [0, 0.05) is 11.1 Å². The zero-order valence-corrected chi connectivity index (χ0v) is 12.2. The number of aliphatic hydroxyl groups is 1. The van der Waals surface area contributed by atoms with Crippen LogP contribution in [0.15, 0.2) is 60.7 Å². The van der Waals surface area contributed by atoms with E-state index >= 15 is 0 Å². The van der Waals surface area contributed by atoms with Crippen LogP contribution in [0.5, 0.6) is 0 Å². The number of hydrogen-bond acceptors (Lipinski definition) is 1. The van der Waals surface area contributed by atoms with E-state index in [0.29, 0.717) is 0 Å². The zero-order valence-electron chi connectivity index (χ0n) is 12.2. The van der Waals surface area contributed by atoms with Crippen molar-refractivity contribution in [1.82, 2.24) is 0 Å². The first-order valence-corrected chi connectivity index (χ1v) is 7.53. The van der Waals surface area contributed by atoms with Crippen molar-refractivity contribution >= 4 is 10.8 Å².